The van der Waals surface area contributed by atoms with Gasteiger partial charge in [0.25, 0.3) is 18.3 Å². The van der Waals surface area contributed by atoms with Gasteiger partial charge in [0.1, 0.15) is 23.0 Å². The number of aryl methyl sites for hydroxylation is 1. The number of fused-ring (bicyclic) bond motifs is 1. The van der Waals surface area contributed by atoms with Crippen LogP contribution in [-0.2, 0) is 14.3 Å². The molecular weight excluding hydrogens is 488 g/mol. The first-order chi connectivity index (χ1) is 18.1. The highest BCUT2D eigenvalue weighted by Gasteiger charge is 2.25. The van der Waals surface area contributed by atoms with E-state index < -0.39 is 0 Å². The summed E-state index contributed by atoms with van der Waals surface area (Å²) in [6.07, 6.45) is 3.14. The molecule has 4 heterocycles. The van der Waals surface area contributed by atoms with E-state index in [0.29, 0.717) is 48.4 Å². The topological polar surface area (TPSA) is 124 Å². The number of amides is 1. The molecule has 0 bridgehead atoms. The lowest BCUT2D eigenvalue weighted by Crippen LogP contribution is -2.35. The second-order valence-electron chi connectivity index (χ2n) is 9.96. The first-order valence-electron chi connectivity index (χ1n) is 12.2. The Balaban J connectivity index is 0.000000426. The SMILES string of the molecule is CC(C)(C)OC=O.Cc1ccc(-c2noc(C3CN(C)CCO3)n2)cc1NC(=O)c1cnc2ccccn12. The number of rotatable bonds is 5. The van der Waals surface area contributed by atoms with Crippen LogP contribution in [0.4, 0.5) is 5.69 Å². The first-order valence-corrected chi connectivity index (χ1v) is 12.2. The Labute approximate surface area is 220 Å². The van der Waals surface area contributed by atoms with Gasteiger partial charge in [-0.1, -0.05) is 23.4 Å². The molecule has 200 valence electrons. The van der Waals surface area contributed by atoms with Crippen molar-refractivity contribution in [1.29, 1.82) is 0 Å². The molecule has 1 unspecified atom stereocenters. The molecular formula is C27H32N6O5. The monoisotopic (exact) mass is 520 g/mol. The molecule has 1 amide bonds. The fraction of sp³-hybridized carbons (Fsp3) is 0.370. The highest BCUT2D eigenvalue weighted by Crippen LogP contribution is 2.27. The van der Waals surface area contributed by atoms with Crippen molar-refractivity contribution in [2.24, 2.45) is 0 Å². The van der Waals surface area contributed by atoms with Gasteiger partial charge in [-0.05, 0) is 58.5 Å². The van der Waals surface area contributed by atoms with Gasteiger partial charge in [-0.3, -0.25) is 14.0 Å². The molecule has 38 heavy (non-hydrogen) atoms. The zero-order valence-corrected chi connectivity index (χ0v) is 22.2. The Morgan fingerprint density at radius 2 is 2.05 bits per heavy atom. The Bertz CT molecular complexity index is 1410. The van der Waals surface area contributed by atoms with Crippen LogP contribution in [-0.4, -0.2) is 69.1 Å². The average Bonchev–Trinajstić information content (AvgIpc) is 3.53. The summed E-state index contributed by atoms with van der Waals surface area (Å²) in [6, 6.07) is 11.3. The van der Waals surface area contributed by atoms with Crippen molar-refractivity contribution in [3.63, 3.8) is 0 Å². The molecule has 11 nitrogen and oxygen atoms in total. The average molecular weight is 521 g/mol. The maximum Gasteiger partial charge on any atom is 0.293 e. The number of benzene rings is 1. The predicted octanol–water partition coefficient (Wildman–Crippen LogP) is 3.91. The van der Waals surface area contributed by atoms with E-state index in [4.69, 9.17) is 9.26 Å². The summed E-state index contributed by atoms with van der Waals surface area (Å²) in [6.45, 7) is 10.1. The van der Waals surface area contributed by atoms with Crippen LogP contribution in [0.3, 0.4) is 0 Å². The maximum absolute atomic E-state index is 12.9. The van der Waals surface area contributed by atoms with Crippen molar-refractivity contribution in [1.82, 2.24) is 24.4 Å². The fourth-order valence-electron chi connectivity index (χ4n) is 3.74. The minimum absolute atomic E-state index is 0.236. The molecule has 1 aromatic carbocycles. The van der Waals surface area contributed by atoms with Crippen LogP contribution < -0.4 is 5.32 Å². The number of anilines is 1. The number of aromatic nitrogens is 4. The van der Waals surface area contributed by atoms with Crippen LogP contribution in [0, 0.1) is 6.92 Å². The number of carbonyl (C=O) groups is 2. The van der Waals surface area contributed by atoms with Gasteiger partial charge in [0.15, 0.2) is 0 Å². The van der Waals surface area contributed by atoms with E-state index in [-0.39, 0.29) is 17.6 Å². The number of morpholine rings is 1. The lowest BCUT2D eigenvalue weighted by atomic mass is 10.1. The molecule has 1 saturated heterocycles. The standard InChI is InChI=1S/C22H22N6O3.C5H10O2/c1-14-6-7-15(20-25-22(31-26-20)18-13-27(2)9-10-30-18)11-16(14)24-21(29)17-12-23-19-5-3-4-8-28(17)19;1-5(2,3)7-4-6/h3-8,11-12,18H,9-10,13H2,1-2H3,(H,24,29);4H,1-3H3. The highest BCUT2D eigenvalue weighted by molar-refractivity contribution is 6.04. The van der Waals surface area contributed by atoms with Gasteiger partial charge in [0, 0.05) is 30.5 Å². The lowest BCUT2D eigenvalue weighted by molar-refractivity contribution is -0.138. The minimum Gasteiger partial charge on any atom is -0.462 e. The van der Waals surface area contributed by atoms with Crippen molar-refractivity contribution >= 4 is 23.7 Å². The van der Waals surface area contributed by atoms with Crippen LogP contribution in [0.1, 0.15) is 48.8 Å². The summed E-state index contributed by atoms with van der Waals surface area (Å²) >= 11 is 0. The minimum atomic E-state index is -0.318. The summed E-state index contributed by atoms with van der Waals surface area (Å²) in [4.78, 5) is 33.4. The maximum atomic E-state index is 12.9. The van der Waals surface area contributed by atoms with Gasteiger partial charge in [-0.25, -0.2) is 4.98 Å². The Hall–Kier alpha value is -4.09. The fourth-order valence-corrected chi connectivity index (χ4v) is 3.74. The van der Waals surface area contributed by atoms with Crippen LogP contribution in [0.25, 0.3) is 17.0 Å². The van der Waals surface area contributed by atoms with E-state index >= 15 is 0 Å². The molecule has 1 fully saturated rings. The van der Waals surface area contributed by atoms with Gasteiger partial charge >= 0.3 is 0 Å². The number of carbonyl (C=O) groups excluding carboxylic acids is 2. The number of pyridine rings is 1. The molecule has 1 aliphatic rings. The molecule has 11 heteroatoms. The third-order valence-electron chi connectivity index (χ3n) is 5.78. The van der Waals surface area contributed by atoms with Gasteiger partial charge in [0.2, 0.25) is 5.82 Å². The van der Waals surface area contributed by atoms with E-state index in [9.17, 15) is 9.59 Å². The van der Waals surface area contributed by atoms with Crippen molar-refractivity contribution in [2.45, 2.75) is 39.4 Å². The van der Waals surface area contributed by atoms with Crippen LogP contribution in [0.15, 0.2) is 53.3 Å². The predicted molar refractivity (Wildman–Crippen MR) is 141 cm³/mol. The van der Waals surface area contributed by atoms with Gasteiger partial charge in [-0.2, -0.15) is 4.98 Å². The number of nitrogens with one attached hydrogen (secondary N) is 1. The first kappa shape index (κ1) is 27.0. The molecule has 0 radical (unpaired) electrons. The molecule has 3 aromatic heterocycles. The molecule has 0 aliphatic carbocycles. The molecule has 1 N–H and O–H groups in total. The van der Waals surface area contributed by atoms with Gasteiger partial charge < -0.3 is 24.2 Å². The number of imidazole rings is 1. The van der Waals surface area contributed by atoms with Crippen LogP contribution >= 0.6 is 0 Å². The quantitative estimate of drug-likeness (QED) is 0.390. The lowest BCUT2D eigenvalue weighted by Gasteiger charge is -2.27. The van der Waals surface area contributed by atoms with E-state index in [0.717, 1.165) is 17.7 Å². The summed E-state index contributed by atoms with van der Waals surface area (Å²) in [5.74, 6) is 0.668. The highest BCUT2D eigenvalue weighted by atomic mass is 16.5. The molecule has 1 aliphatic heterocycles. The molecule has 1 atom stereocenters. The number of hydrogen-bond acceptors (Lipinski definition) is 9. The third-order valence-corrected chi connectivity index (χ3v) is 5.78. The summed E-state index contributed by atoms with van der Waals surface area (Å²) < 4.78 is 17.5. The zero-order chi connectivity index (χ0) is 27.3. The number of hydrogen-bond donors (Lipinski definition) is 1. The second-order valence-corrected chi connectivity index (χ2v) is 9.96. The zero-order valence-electron chi connectivity index (χ0n) is 22.2. The second kappa shape index (κ2) is 11.5. The Morgan fingerprint density at radius 1 is 1.24 bits per heavy atom. The third kappa shape index (κ3) is 6.61. The molecule has 5 rings (SSSR count). The van der Waals surface area contributed by atoms with E-state index in [2.05, 4.69) is 30.1 Å². The summed E-state index contributed by atoms with van der Waals surface area (Å²) in [7, 11) is 2.03. The van der Waals surface area contributed by atoms with E-state index in [1.807, 2.05) is 77.3 Å². The van der Waals surface area contributed by atoms with Gasteiger partial charge in [0.05, 0.1) is 12.8 Å². The summed E-state index contributed by atoms with van der Waals surface area (Å²) in [5, 5.41) is 7.09. The van der Waals surface area contributed by atoms with Crippen molar-refractivity contribution in [3.8, 4) is 11.4 Å². The largest absolute Gasteiger partial charge is 0.462 e. The smallest absolute Gasteiger partial charge is 0.293 e. The Morgan fingerprint density at radius 3 is 2.76 bits per heavy atom. The molecule has 0 spiro atoms. The van der Waals surface area contributed by atoms with E-state index in [1.54, 1.807) is 10.6 Å². The molecule has 4 aromatic rings. The number of likely N-dealkylation sites (N-methyl/N-ethyl adjacent to an activating group) is 1. The summed E-state index contributed by atoms with van der Waals surface area (Å²) in [5.41, 5.74) is 3.20. The molecule has 0 saturated carbocycles. The van der Waals surface area contributed by atoms with Gasteiger partial charge in [-0.15, -0.1) is 0 Å². The normalized spacial score (nSPS) is 16.0. The van der Waals surface area contributed by atoms with Crippen molar-refractivity contribution in [2.75, 3.05) is 32.1 Å². The van der Waals surface area contributed by atoms with Crippen LogP contribution in [0.5, 0.6) is 0 Å². The van der Waals surface area contributed by atoms with Crippen molar-refractivity contribution < 1.29 is 23.6 Å². The van der Waals surface area contributed by atoms with E-state index in [1.165, 1.54) is 0 Å². The number of nitrogens with zero attached hydrogens (tertiary/aromatic N) is 5. The number of ether oxygens (including phenoxy) is 2. The van der Waals surface area contributed by atoms with Crippen molar-refractivity contribution in [3.05, 3.63) is 65.9 Å². The van der Waals surface area contributed by atoms with Crippen LogP contribution in [0.2, 0.25) is 0 Å². The Kier molecular flexibility index (Phi) is 8.18.